The lowest BCUT2D eigenvalue weighted by Gasteiger charge is -2.38. The van der Waals surface area contributed by atoms with Gasteiger partial charge in [0.15, 0.2) is 5.76 Å². The number of allylic oxidation sites excluding steroid dienone is 2. The van der Waals surface area contributed by atoms with E-state index in [9.17, 15) is 18.1 Å². The summed E-state index contributed by atoms with van der Waals surface area (Å²) in [5.41, 5.74) is 9.36. The molecule has 0 radical (unpaired) electrons. The average molecular weight is 474 g/mol. The molecule has 5 rings (SSSR count). The number of rotatable bonds is 3. The number of hydrogen-bond donors (Lipinski definition) is 1. The smallest absolute Gasteiger partial charge is 0.265 e. The topological polar surface area (TPSA) is 96.4 Å². The summed E-state index contributed by atoms with van der Waals surface area (Å²) in [6, 6.07) is 22.0. The lowest BCUT2D eigenvalue weighted by atomic mass is 9.88. The second-order valence-corrected chi connectivity index (χ2v) is 10.0. The maximum atomic E-state index is 14.1. The van der Waals surface area contributed by atoms with E-state index in [1.165, 1.54) is 16.4 Å². The molecule has 3 aromatic carbocycles. The highest BCUT2D eigenvalue weighted by Crippen LogP contribution is 2.51. The van der Waals surface area contributed by atoms with Crippen molar-refractivity contribution in [2.75, 3.05) is 4.31 Å². The van der Waals surface area contributed by atoms with Gasteiger partial charge in [-0.2, -0.15) is 5.26 Å². The fourth-order valence-electron chi connectivity index (χ4n) is 4.33. The SMILES string of the molecule is Cc1ccc(C2C(C#N)=C(N)OC3=C2S(=O)(=O)N(Cc2ccc(F)cc2)c2ccccc23)cc1. The normalized spacial score (nSPS) is 18.6. The minimum absolute atomic E-state index is 0.0158. The molecule has 2 heterocycles. The number of fused-ring (bicyclic) bond motifs is 2. The summed E-state index contributed by atoms with van der Waals surface area (Å²) in [6.45, 7) is 1.91. The van der Waals surface area contributed by atoms with Crippen LogP contribution in [-0.2, 0) is 21.3 Å². The van der Waals surface area contributed by atoms with E-state index in [4.69, 9.17) is 10.5 Å². The highest BCUT2D eigenvalue weighted by molar-refractivity contribution is 7.96. The minimum Gasteiger partial charge on any atom is -0.439 e. The van der Waals surface area contributed by atoms with Gasteiger partial charge in [-0.1, -0.05) is 54.1 Å². The van der Waals surface area contributed by atoms with Crippen molar-refractivity contribution in [2.24, 2.45) is 5.73 Å². The lowest BCUT2D eigenvalue weighted by Crippen LogP contribution is -2.39. The lowest BCUT2D eigenvalue weighted by molar-refractivity contribution is 0.357. The predicted molar refractivity (Wildman–Crippen MR) is 127 cm³/mol. The van der Waals surface area contributed by atoms with Crippen molar-refractivity contribution in [2.45, 2.75) is 19.4 Å². The summed E-state index contributed by atoms with van der Waals surface area (Å²) in [7, 11) is -4.17. The Labute approximate surface area is 197 Å². The number of anilines is 1. The van der Waals surface area contributed by atoms with Gasteiger partial charge in [-0.15, -0.1) is 0 Å². The number of sulfonamides is 1. The predicted octanol–water partition coefficient (Wildman–Crippen LogP) is 4.66. The second-order valence-electron chi connectivity index (χ2n) is 8.18. The molecule has 0 fully saturated rings. The molecule has 8 heteroatoms. The molecule has 6 nitrogen and oxygen atoms in total. The van der Waals surface area contributed by atoms with Crippen LogP contribution in [0.15, 0.2) is 89.2 Å². The number of aryl methyl sites for hydroxylation is 1. The molecular formula is C26H20FN3O3S. The Morgan fingerprint density at radius 2 is 1.74 bits per heavy atom. The van der Waals surface area contributed by atoms with Gasteiger partial charge in [0.25, 0.3) is 10.0 Å². The van der Waals surface area contributed by atoms with Gasteiger partial charge in [-0.05, 0) is 42.3 Å². The van der Waals surface area contributed by atoms with Crippen LogP contribution in [0.4, 0.5) is 10.1 Å². The number of halogens is 1. The Bertz CT molecular complexity index is 1500. The second kappa shape index (κ2) is 8.04. The van der Waals surface area contributed by atoms with Gasteiger partial charge in [-0.3, -0.25) is 4.31 Å². The van der Waals surface area contributed by atoms with Crippen LogP contribution in [-0.4, -0.2) is 8.42 Å². The van der Waals surface area contributed by atoms with Crippen LogP contribution < -0.4 is 10.0 Å². The molecule has 170 valence electrons. The van der Waals surface area contributed by atoms with E-state index in [1.54, 1.807) is 48.5 Å². The van der Waals surface area contributed by atoms with Crippen LogP contribution >= 0.6 is 0 Å². The summed E-state index contributed by atoms with van der Waals surface area (Å²) < 4.78 is 48.8. The summed E-state index contributed by atoms with van der Waals surface area (Å²) in [4.78, 5) is -0.0390. The molecule has 0 bridgehead atoms. The molecule has 0 amide bonds. The first kappa shape index (κ1) is 21.7. The highest BCUT2D eigenvalue weighted by atomic mass is 32.2. The van der Waals surface area contributed by atoms with Gasteiger partial charge in [-0.25, -0.2) is 12.8 Å². The Morgan fingerprint density at radius 3 is 2.41 bits per heavy atom. The molecule has 2 aliphatic heterocycles. The zero-order valence-electron chi connectivity index (χ0n) is 18.2. The Balaban J connectivity index is 1.75. The van der Waals surface area contributed by atoms with Crippen LogP contribution in [0.25, 0.3) is 5.76 Å². The van der Waals surface area contributed by atoms with E-state index < -0.39 is 21.8 Å². The molecule has 0 spiro atoms. The van der Waals surface area contributed by atoms with Crippen molar-refractivity contribution in [1.82, 2.24) is 0 Å². The number of para-hydroxylation sites is 1. The average Bonchev–Trinajstić information content (AvgIpc) is 2.82. The molecule has 0 aromatic heterocycles. The molecule has 1 atom stereocenters. The van der Waals surface area contributed by atoms with Crippen LogP contribution in [0.1, 0.15) is 28.2 Å². The third-order valence-corrected chi connectivity index (χ3v) is 7.89. The van der Waals surface area contributed by atoms with Gasteiger partial charge < -0.3 is 10.5 Å². The first-order chi connectivity index (χ1) is 16.3. The van der Waals surface area contributed by atoms with Gasteiger partial charge in [0.2, 0.25) is 5.88 Å². The molecule has 34 heavy (non-hydrogen) atoms. The maximum absolute atomic E-state index is 14.1. The fourth-order valence-corrected chi connectivity index (χ4v) is 6.24. The number of benzene rings is 3. The number of nitrogens with zero attached hydrogens (tertiary/aromatic N) is 2. The quantitative estimate of drug-likeness (QED) is 0.597. The third kappa shape index (κ3) is 3.42. The number of nitrogens with two attached hydrogens (primary N) is 1. The van der Waals surface area contributed by atoms with Gasteiger partial charge in [0.1, 0.15) is 22.4 Å². The van der Waals surface area contributed by atoms with Crippen molar-refractivity contribution >= 4 is 21.5 Å². The molecule has 0 saturated heterocycles. The van der Waals surface area contributed by atoms with Crippen LogP contribution in [0.2, 0.25) is 0 Å². The number of ether oxygens (including phenoxy) is 1. The largest absolute Gasteiger partial charge is 0.439 e. The summed E-state index contributed by atoms with van der Waals surface area (Å²) in [6.07, 6.45) is 0. The maximum Gasteiger partial charge on any atom is 0.265 e. The Morgan fingerprint density at radius 1 is 1.06 bits per heavy atom. The van der Waals surface area contributed by atoms with Gasteiger partial charge in [0.05, 0.1) is 18.2 Å². The van der Waals surface area contributed by atoms with Crippen molar-refractivity contribution in [3.8, 4) is 6.07 Å². The first-order valence-corrected chi connectivity index (χ1v) is 12.0. The molecule has 2 aliphatic rings. The highest BCUT2D eigenvalue weighted by Gasteiger charge is 2.47. The standard InChI is InChI=1S/C26H20FN3O3S/c1-16-6-10-18(11-7-16)23-21(14-28)26(29)33-24-20-4-2-3-5-22(20)30(34(31,32)25(23)24)15-17-8-12-19(27)13-9-17/h2-13,23H,15,29H2,1H3. The van der Waals surface area contributed by atoms with Crippen molar-refractivity contribution in [3.63, 3.8) is 0 Å². The molecule has 0 aliphatic carbocycles. The molecule has 2 N–H and O–H groups in total. The van der Waals surface area contributed by atoms with E-state index in [1.807, 2.05) is 19.1 Å². The molecule has 0 saturated carbocycles. The van der Waals surface area contributed by atoms with E-state index in [2.05, 4.69) is 6.07 Å². The Hall–Kier alpha value is -4.09. The van der Waals surface area contributed by atoms with Gasteiger partial charge >= 0.3 is 0 Å². The number of hydrogen-bond acceptors (Lipinski definition) is 5. The minimum atomic E-state index is -4.17. The van der Waals surface area contributed by atoms with Crippen LogP contribution in [0.5, 0.6) is 0 Å². The molecular weight excluding hydrogens is 453 g/mol. The number of nitriles is 1. The summed E-state index contributed by atoms with van der Waals surface area (Å²) in [5.74, 6) is -1.34. The first-order valence-electron chi connectivity index (χ1n) is 10.6. The van der Waals surface area contributed by atoms with Crippen molar-refractivity contribution in [3.05, 3.63) is 117 Å². The zero-order chi connectivity index (χ0) is 24.0. The van der Waals surface area contributed by atoms with Crippen molar-refractivity contribution < 1.29 is 17.5 Å². The zero-order valence-corrected chi connectivity index (χ0v) is 19.0. The summed E-state index contributed by atoms with van der Waals surface area (Å²) >= 11 is 0. The monoisotopic (exact) mass is 473 g/mol. The van der Waals surface area contributed by atoms with Crippen LogP contribution in [0, 0.1) is 24.1 Å². The summed E-state index contributed by atoms with van der Waals surface area (Å²) in [5, 5.41) is 9.90. The molecule has 1 unspecified atom stereocenters. The van der Waals surface area contributed by atoms with E-state index in [-0.39, 0.29) is 28.7 Å². The van der Waals surface area contributed by atoms with Crippen LogP contribution in [0.3, 0.4) is 0 Å². The van der Waals surface area contributed by atoms with E-state index >= 15 is 0 Å². The molecule has 3 aromatic rings. The fraction of sp³-hybridized carbons (Fsp3) is 0.115. The van der Waals surface area contributed by atoms with E-state index in [0.29, 0.717) is 22.4 Å². The van der Waals surface area contributed by atoms with Crippen molar-refractivity contribution in [1.29, 1.82) is 5.26 Å². The van der Waals surface area contributed by atoms with E-state index in [0.717, 1.165) is 5.56 Å². The Kier molecular flexibility index (Phi) is 5.14. The van der Waals surface area contributed by atoms with Gasteiger partial charge in [0, 0.05) is 5.56 Å². The third-order valence-electron chi connectivity index (χ3n) is 6.01.